The summed E-state index contributed by atoms with van der Waals surface area (Å²) in [5, 5.41) is 4.49. The van der Waals surface area contributed by atoms with E-state index in [0.29, 0.717) is 6.07 Å². The molecule has 0 spiro atoms. The molecule has 2 rings (SSSR count). The standard InChI is InChI=1S/C18H16F2N2O4/c1-11(26-17(24)13-7-14(19)9-15(20)8-13)16(23)22-18(25)21-10-12-5-3-2-4-6-12/h2-9,11H,10H2,1H3,(H2,21,22,23,25)/t11-/m1/s1. The van der Waals surface area contributed by atoms with Crippen molar-refractivity contribution >= 4 is 17.9 Å². The lowest BCUT2D eigenvalue weighted by atomic mass is 10.2. The first-order valence-corrected chi connectivity index (χ1v) is 7.65. The van der Waals surface area contributed by atoms with Crippen molar-refractivity contribution in [3.8, 4) is 0 Å². The van der Waals surface area contributed by atoms with Gasteiger partial charge in [0.2, 0.25) is 0 Å². The number of amides is 3. The third-order valence-electron chi connectivity index (χ3n) is 3.28. The quantitative estimate of drug-likeness (QED) is 0.801. The summed E-state index contributed by atoms with van der Waals surface area (Å²) >= 11 is 0. The predicted molar refractivity (Wildman–Crippen MR) is 88.1 cm³/mol. The van der Waals surface area contributed by atoms with Crippen LogP contribution in [0.5, 0.6) is 0 Å². The Morgan fingerprint density at radius 3 is 2.27 bits per heavy atom. The molecule has 0 unspecified atom stereocenters. The highest BCUT2D eigenvalue weighted by atomic mass is 19.1. The fraction of sp³-hybridized carbons (Fsp3) is 0.167. The van der Waals surface area contributed by atoms with Crippen LogP contribution < -0.4 is 10.6 Å². The van der Waals surface area contributed by atoms with E-state index in [1.807, 2.05) is 11.4 Å². The van der Waals surface area contributed by atoms with Gasteiger partial charge in [-0.1, -0.05) is 30.3 Å². The maximum absolute atomic E-state index is 13.1. The van der Waals surface area contributed by atoms with Crippen molar-refractivity contribution in [1.82, 2.24) is 10.6 Å². The van der Waals surface area contributed by atoms with Crippen LogP contribution in [0, 0.1) is 11.6 Å². The van der Waals surface area contributed by atoms with Crippen LogP contribution in [0.2, 0.25) is 0 Å². The highest BCUT2D eigenvalue weighted by Gasteiger charge is 2.21. The molecule has 0 radical (unpaired) electrons. The van der Waals surface area contributed by atoms with Crippen LogP contribution >= 0.6 is 0 Å². The number of ether oxygens (including phenoxy) is 1. The summed E-state index contributed by atoms with van der Waals surface area (Å²) in [5.41, 5.74) is 0.457. The maximum atomic E-state index is 13.1. The van der Waals surface area contributed by atoms with Crippen molar-refractivity contribution < 1.29 is 27.9 Å². The minimum Gasteiger partial charge on any atom is -0.449 e. The molecule has 0 aliphatic heterocycles. The summed E-state index contributed by atoms with van der Waals surface area (Å²) in [4.78, 5) is 35.4. The van der Waals surface area contributed by atoms with E-state index < -0.39 is 35.6 Å². The Balaban J connectivity index is 1.84. The highest BCUT2D eigenvalue weighted by Crippen LogP contribution is 2.10. The van der Waals surface area contributed by atoms with Gasteiger partial charge in [-0.2, -0.15) is 0 Å². The van der Waals surface area contributed by atoms with E-state index in [2.05, 4.69) is 5.32 Å². The molecule has 2 N–H and O–H groups in total. The fourth-order valence-electron chi connectivity index (χ4n) is 1.99. The van der Waals surface area contributed by atoms with Crippen LogP contribution in [0.3, 0.4) is 0 Å². The molecule has 0 saturated heterocycles. The van der Waals surface area contributed by atoms with Crippen molar-refractivity contribution in [3.63, 3.8) is 0 Å². The summed E-state index contributed by atoms with van der Waals surface area (Å²) in [5.74, 6) is -3.86. The van der Waals surface area contributed by atoms with Gasteiger partial charge in [-0.3, -0.25) is 10.1 Å². The Morgan fingerprint density at radius 1 is 1.04 bits per heavy atom. The lowest BCUT2D eigenvalue weighted by Crippen LogP contribution is -2.44. The zero-order valence-electron chi connectivity index (χ0n) is 13.8. The van der Waals surface area contributed by atoms with Crippen molar-refractivity contribution in [2.45, 2.75) is 19.6 Å². The van der Waals surface area contributed by atoms with Gasteiger partial charge in [-0.05, 0) is 24.6 Å². The largest absolute Gasteiger partial charge is 0.449 e. The summed E-state index contributed by atoms with van der Waals surface area (Å²) in [6.45, 7) is 1.43. The number of carbonyl (C=O) groups is 3. The van der Waals surface area contributed by atoms with E-state index in [4.69, 9.17) is 4.74 Å². The normalized spacial score (nSPS) is 11.3. The number of urea groups is 1. The van der Waals surface area contributed by atoms with Crippen LogP contribution in [0.25, 0.3) is 0 Å². The zero-order chi connectivity index (χ0) is 19.1. The van der Waals surface area contributed by atoms with Gasteiger partial charge >= 0.3 is 12.0 Å². The highest BCUT2D eigenvalue weighted by molar-refractivity contribution is 5.98. The van der Waals surface area contributed by atoms with E-state index >= 15 is 0 Å². The van der Waals surface area contributed by atoms with Gasteiger partial charge < -0.3 is 10.1 Å². The van der Waals surface area contributed by atoms with Crippen molar-refractivity contribution in [2.75, 3.05) is 0 Å². The molecule has 0 aromatic heterocycles. The van der Waals surface area contributed by atoms with Crippen LogP contribution in [-0.2, 0) is 16.1 Å². The Kier molecular flexibility index (Phi) is 6.37. The number of hydrogen-bond acceptors (Lipinski definition) is 4. The number of hydrogen-bond donors (Lipinski definition) is 2. The minimum absolute atomic E-state index is 0.205. The third kappa shape index (κ3) is 5.66. The number of nitrogens with one attached hydrogen (secondary N) is 2. The zero-order valence-corrected chi connectivity index (χ0v) is 13.8. The second-order valence-corrected chi connectivity index (χ2v) is 5.36. The molecule has 0 fully saturated rings. The molecule has 1 atom stereocenters. The van der Waals surface area contributed by atoms with Crippen LogP contribution in [0.1, 0.15) is 22.8 Å². The summed E-state index contributed by atoms with van der Waals surface area (Å²) in [6, 6.07) is 10.4. The van der Waals surface area contributed by atoms with Crippen LogP contribution in [-0.4, -0.2) is 24.0 Å². The fourth-order valence-corrected chi connectivity index (χ4v) is 1.99. The van der Waals surface area contributed by atoms with Crippen LogP contribution in [0.4, 0.5) is 13.6 Å². The second-order valence-electron chi connectivity index (χ2n) is 5.36. The third-order valence-corrected chi connectivity index (χ3v) is 3.28. The molecule has 26 heavy (non-hydrogen) atoms. The Labute approximate surface area is 148 Å². The number of halogens is 2. The van der Waals surface area contributed by atoms with E-state index in [-0.39, 0.29) is 12.1 Å². The molecular weight excluding hydrogens is 346 g/mol. The molecular formula is C18H16F2N2O4. The van der Waals surface area contributed by atoms with Gasteiger partial charge in [0.25, 0.3) is 5.91 Å². The van der Waals surface area contributed by atoms with Gasteiger partial charge in [-0.25, -0.2) is 18.4 Å². The molecule has 0 aliphatic rings. The summed E-state index contributed by atoms with van der Waals surface area (Å²) < 4.78 is 31.0. The number of esters is 1. The van der Waals surface area contributed by atoms with Crippen molar-refractivity contribution in [1.29, 1.82) is 0 Å². The molecule has 6 nitrogen and oxygen atoms in total. The number of imide groups is 1. The van der Waals surface area contributed by atoms with Gasteiger partial charge in [0, 0.05) is 12.6 Å². The monoisotopic (exact) mass is 362 g/mol. The number of rotatable bonds is 5. The first kappa shape index (κ1) is 19.0. The second kappa shape index (κ2) is 8.70. The van der Waals surface area contributed by atoms with Crippen LogP contribution in [0.15, 0.2) is 48.5 Å². The van der Waals surface area contributed by atoms with Crippen molar-refractivity contribution in [3.05, 3.63) is 71.3 Å². The molecule has 8 heteroatoms. The first-order chi connectivity index (χ1) is 12.3. The SMILES string of the molecule is C[C@@H](OC(=O)c1cc(F)cc(F)c1)C(=O)NC(=O)NCc1ccccc1. The average Bonchev–Trinajstić information content (AvgIpc) is 2.60. The number of carbonyl (C=O) groups excluding carboxylic acids is 3. The van der Waals surface area contributed by atoms with Gasteiger partial charge in [0.1, 0.15) is 11.6 Å². The van der Waals surface area contributed by atoms with Gasteiger partial charge in [0.15, 0.2) is 6.10 Å². The summed E-state index contributed by atoms with van der Waals surface area (Å²) in [6.07, 6.45) is -1.34. The predicted octanol–water partition coefficient (Wildman–Crippen LogP) is 2.54. The van der Waals surface area contributed by atoms with E-state index in [0.717, 1.165) is 17.7 Å². The van der Waals surface area contributed by atoms with Gasteiger partial charge in [-0.15, -0.1) is 0 Å². The minimum atomic E-state index is -1.34. The molecule has 2 aromatic rings. The molecule has 0 heterocycles. The van der Waals surface area contributed by atoms with Gasteiger partial charge in [0.05, 0.1) is 5.56 Å². The lowest BCUT2D eigenvalue weighted by Gasteiger charge is -2.13. The molecule has 3 amide bonds. The maximum Gasteiger partial charge on any atom is 0.339 e. The Bertz CT molecular complexity index is 792. The molecule has 0 aliphatic carbocycles. The molecule has 0 bridgehead atoms. The topological polar surface area (TPSA) is 84.5 Å². The molecule has 0 saturated carbocycles. The first-order valence-electron chi connectivity index (χ1n) is 7.65. The van der Waals surface area contributed by atoms with E-state index in [9.17, 15) is 23.2 Å². The Hall–Kier alpha value is -3.29. The van der Waals surface area contributed by atoms with Crippen molar-refractivity contribution in [2.24, 2.45) is 0 Å². The van der Waals surface area contributed by atoms with E-state index in [1.165, 1.54) is 6.92 Å². The number of benzene rings is 2. The summed E-state index contributed by atoms with van der Waals surface area (Å²) in [7, 11) is 0. The average molecular weight is 362 g/mol. The lowest BCUT2D eigenvalue weighted by molar-refractivity contribution is -0.127. The smallest absolute Gasteiger partial charge is 0.339 e. The van der Waals surface area contributed by atoms with E-state index in [1.54, 1.807) is 24.3 Å². The molecule has 136 valence electrons. The Morgan fingerprint density at radius 2 is 1.65 bits per heavy atom. The molecule has 2 aromatic carbocycles.